The molecule has 0 aromatic rings. The van der Waals surface area contributed by atoms with E-state index in [1.54, 1.807) is 0 Å². The number of hydrogen-bond donors (Lipinski definition) is 1. The highest BCUT2D eigenvalue weighted by Gasteiger charge is 2.46. The lowest BCUT2D eigenvalue weighted by Gasteiger charge is -2.49. The van der Waals surface area contributed by atoms with E-state index in [0.717, 1.165) is 32.7 Å². The SMILES string of the molecule is CCCNC(C(C)CCOC)C1(N(CC)CC)CCCC1. The van der Waals surface area contributed by atoms with Gasteiger partial charge in [-0.25, -0.2) is 0 Å². The third kappa shape index (κ3) is 4.67. The minimum atomic E-state index is 0.367. The van der Waals surface area contributed by atoms with Crippen LogP contribution in [0.3, 0.4) is 0 Å². The van der Waals surface area contributed by atoms with Crippen molar-refractivity contribution >= 4 is 0 Å². The van der Waals surface area contributed by atoms with Crippen LogP contribution in [0.15, 0.2) is 0 Å². The molecule has 0 radical (unpaired) electrons. The Morgan fingerprint density at radius 1 is 1.14 bits per heavy atom. The van der Waals surface area contributed by atoms with Crippen molar-refractivity contribution in [3.8, 4) is 0 Å². The standard InChI is InChI=1S/C18H38N2O/c1-6-14-19-17(16(4)11-15-21-5)18(12-9-10-13-18)20(7-2)8-3/h16-17,19H,6-15H2,1-5H3. The van der Waals surface area contributed by atoms with E-state index in [1.165, 1.54) is 32.1 Å². The smallest absolute Gasteiger partial charge is 0.0465 e. The topological polar surface area (TPSA) is 24.5 Å². The molecule has 0 spiro atoms. The van der Waals surface area contributed by atoms with Crippen LogP contribution in [0, 0.1) is 5.92 Å². The molecule has 126 valence electrons. The zero-order valence-corrected chi connectivity index (χ0v) is 15.1. The Bertz CT molecular complexity index is 260. The van der Waals surface area contributed by atoms with Crippen LogP contribution < -0.4 is 5.32 Å². The van der Waals surface area contributed by atoms with Crippen molar-refractivity contribution in [3.63, 3.8) is 0 Å². The highest BCUT2D eigenvalue weighted by molar-refractivity contribution is 5.05. The summed E-state index contributed by atoms with van der Waals surface area (Å²) in [6, 6.07) is 0.593. The van der Waals surface area contributed by atoms with Crippen LogP contribution >= 0.6 is 0 Å². The lowest BCUT2D eigenvalue weighted by atomic mass is 9.78. The Balaban J connectivity index is 2.93. The Morgan fingerprint density at radius 3 is 2.24 bits per heavy atom. The van der Waals surface area contributed by atoms with Gasteiger partial charge in [-0.05, 0) is 51.2 Å². The van der Waals surface area contributed by atoms with Crippen LogP contribution in [0.2, 0.25) is 0 Å². The number of hydrogen-bond acceptors (Lipinski definition) is 3. The first-order chi connectivity index (χ1) is 10.2. The quantitative estimate of drug-likeness (QED) is 0.630. The summed E-state index contributed by atoms with van der Waals surface area (Å²) < 4.78 is 5.33. The van der Waals surface area contributed by atoms with Crippen LogP contribution in [0.25, 0.3) is 0 Å². The molecule has 0 aliphatic heterocycles. The summed E-state index contributed by atoms with van der Waals surface area (Å²) in [5.74, 6) is 0.662. The van der Waals surface area contributed by atoms with Gasteiger partial charge in [0.15, 0.2) is 0 Å². The lowest BCUT2D eigenvalue weighted by Crippen LogP contribution is -2.62. The van der Waals surface area contributed by atoms with E-state index in [1.807, 2.05) is 7.11 Å². The molecule has 1 rings (SSSR count). The van der Waals surface area contributed by atoms with E-state index < -0.39 is 0 Å². The maximum atomic E-state index is 5.33. The summed E-state index contributed by atoms with van der Waals surface area (Å²) in [7, 11) is 1.82. The summed E-state index contributed by atoms with van der Waals surface area (Å²) in [5, 5.41) is 3.91. The van der Waals surface area contributed by atoms with Crippen LogP contribution in [-0.4, -0.2) is 49.8 Å². The number of methoxy groups -OCH3 is 1. The molecular weight excluding hydrogens is 260 g/mol. The van der Waals surface area contributed by atoms with Gasteiger partial charge in [-0.15, -0.1) is 0 Å². The van der Waals surface area contributed by atoms with Gasteiger partial charge >= 0.3 is 0 Å². The van der Waals surface area contributed by atoms with E-state index in [9.17, 15) is 0 Å². The second-order valence-corrected chi connectivity index (χ2v) is 6.67. The summed E-state index contributed by atoms with van der Waals surface area (Å²) in [6.07, 6.45) is 7.85. The van der Waals surface area contributed by atoms with Gasteiger partial charge in [0.25, 0.3) is 0 Å². The third-order valence-electron chi connectivity index (χ3n) is 5.40. The molecule has 1 N–H and O–H groups in total. The van der Waals surface area contributed by atoms with Crippen LogP contribution in [0.1, 0.15) is 66.2 Å². The van der Waals surface area contributed by atoms with Gasteiger partial charge in [0, 0.05) is 25.3 Å². The molecule has 3 heteroatoms. The van der Waals surface area contributed by atoms with E-state index in [4.69, 9.17) is 4.74 Å². The molecule has 2 atom stereocenters. The van der Waals surface area contributed by atoms with Gasteiger partial charge in [0.2, 0.25) is 0 Å². The molecular formula is C18H38N2O. The molecule has 2 unspecified atom stereocenters. The minimum Gasteiger partial charge on any atom is -0.385 e. The van der Waals surface area contributed by atoms with E-state index >= 15 is 0 Å². The summed E-state index contributed by atoms with van der Waals surface area (Å²) in [5.41, 5.74) is 0.367. The van der Waals surface area contributed by atoms with E-state index in [0.29, 0.717) is 17.5 Å². The zero-order chi connectivity index (χ0) is 15.7. The van der Waals surface area contributed by atoms with Crippen molar-refractivity contribution in [3.05, 3.63) is 0 Å². The average molecular weight is 299 g/mol. The fraction of sp³-hybridized carbons (Fsp3) is 1.00. The Morgan fingerprint density at radius 2 is 1.76 bits per heavy atom. The summed E-state index contributed by atoms with van der Waals surface area (Å²) >= 11 is 0. The maximum absolute atomic E-state index is 5.33. The normalized spacial score (nSPS) is 20.9. The molecule has 0 heterocycles. The predicted octanol–water partition coefficient (Wildman–Crippen LogP) is 3.68. The van der Waals surface area contributed by atoms with Gasteiger partial charge in [-0.1, -0.05) is 40.5 Å². The molecule has 0 saturated heterocycles. The van der Waals surface area contributed by atoms with Crippen molar-refractivity contribution in [1.29, 1.82) is 0 Å². The average Bonchev–Trinajstić information content (AvgIpc) is 2.97. The van der Waals surface area contributed by atoms with Gasteiger partial charge in [-0.2, -0.15) is 0 Å². The molecule has 0 aromatic heterocycles. The van der Waals surface area contributed by atoms with Gasteiger partial charge in [0.05, 0.1) is 0 Å². The van der Waals surface area contributed by atoms with Crippen LogP contribution in [0.5, 0.6) is 0 Å². The summed E-state index contributed by atoms with van der Waals surface area (Å²) in [6.45, 7) is 13.7. The Kier molecular flexibility index (Phi) is 8.84. The zero-order valence-electron chi connectivity index (χ0n) is 15.1. The highest BCUT2D eigenvalue weighted by Crippen LogP contribution is 2.41. The van der Waals surface area contributed by atoms with Crippen LogP contribution in [-0.2, 0) is 4.74 Å². The van der Waals surface area contributed by atoms with Crippen LogP contribution in [0.4, 0.5) is 0 Å². The fourth-order valence-electron chi connectivity index (χ4n) is 4.36. The van der Waals surface area contributed by atoms with Crippen molar-refractivity contribution in [2.24, 2.45) is 5.92 Å². The minimum absolute atomic E-state index is 0.367. The lowest BCUT2D eigenvalue weighted by molar-refractivity contribution is 0.0348. The number of likely N-dealkylation sites (N-methyl/N-ethyl adjacent to an activating group) is 1. The highest BCUT2D eigenvalue weighted by atomic mass is 16.5. The fourth-order valence-corrected chi connectivity index (χ4v) is 4.36. The molecule has 0 aromatic carbocycles. The maximum Gasteiger partial charge on any atom is 0.0465 e. The number of nitrogens with one attached hydrogen (secondary N) is 1. The Hall–Kier alpha value is -0.120. The molecule has 1 aliphatic rings. The molecule has 3 nitrogen and oxygen atoms in total. The number of rotatable bonds is 11. The molecule has 1 fully saturated rings. The predicted molar refractivity (Wildman–Crippen MR) is 91.9 cm³/mol. The van der Waals surface area contributed by atoms with Crippen molar-refractivity contribution in [1.82, 2.24) is 10.2 Å². The first kappa shape index (κ1) is 18.9. The Labute approximate surface area is 132 Å². The third-order valence-corrected chi connectivity index (χ3v) is 5.40. The molecule has 0 bridgehead atoms. The molecule has 1 saturated carbocycles. The molecule has 21 heavy (non-hydrogen) atoms. The van der Waals surface area contributed by atoms with Gasteiger partial charge in [0.1, 0.15) is 0 Å². The second-order valence-electron chi connectivity index (χ2n) is 6.67. The van der Waals surface area contributed by atoms with E-state index in [-0.39, 0.29) is 0 Å². The monoisotopic (exact) mass is 298 g/mol. The van der Waals surface area contributed by atoms with Crippen molar-refractivity contribution in [2.75, 3.05) is 33.4 Å². The molecule has 0 amide bonds. The first-order valence-electron chi connectivity index (χ1n) is 9.13. The second kappa shape index (κ2) is 9.81. The first-order valence-corrected chi connectivity index (χ1v) is 9.13. The van der Waals surface area contributed by atoms with Gasteiger partial charge < -0.3 is 10.1 Å². The van der Waals surface area contributed by atoms with Crippen molar-refractivity contribution in [2.45, 2.75) is 77.8 Å². The van der Waals surface area contributed by atoms with Crippen molar-refractivity contribution < 1.29 is 4.74 Å². The van der Waals surface area contributed by atoms with E-state index in [2.05, 4.69) is 37.9 Å². The number of ether oxygens (including phenoxy) is 1. The largest absolute Gasteiger partial charge is 0.385 e. The number of nitrogens with zero attached hydrogens (tertiary/aromatic N) is 1. The van der Waals surface area contributed by atoms with Gasteiger partial charge in [-0.3, -0.25) is 4.90 Å². The molecule has 1 aliphatic carbocycles. The summed E-state index contributed by atoms with van der Waals surface area (Å²) in [4.78, 5) is 2.73.